The lowest BCUT2D eigenvalue weighted by atomic mass is 10.1. The molecule has 0 heterocycles. The van der Waals surface area contributed by atoms with Crippen molar-refractivity contribution in [3.05, 3.63) is 47.5 Å². The maximum Gasteiger partial charge on any atom is -0.00975 e. The quantitative estimate of drug-likeness (QED) is 0.609. The first-order valence-electron chi connectivity index (χ1n) is 5.59. The van der Waals surface area contributed by atoms with E-state index in [1.54, 1.807) is 0 Å². The smallest absolute Gasteiger partial charge is 0.00975 e. The van der Waals surface area contributed by atoms with E-state index in [1.165, 1.54) is 24.0 Å². The predicted octanol–water partition coefficient (Wildman–Crippen LogP) is 4.15. The lowest BCUT2D eigenvalue weighted by Crippen LogP contribution is -1.85. The van der Waals surface area contributed by atoms with Crippen molar-refractivity contribution in [2.45, 2.75) is 39.5 Å². The van der Waals surface area contributed by atoms with Crippen LogP contribution in [0.3, 0.4) is 0 Å². The van der Waals surface area contributed by atoms with Crippen molar-refractivity contribution in [1.29, 1.82) is 0 Å². The van der Waals surface area contributed by atoms with E-state index in [0.29, 0.717) is 0 Å². The Balaban J connectivity index is 2.50. The van der Waals surface area contributed by atoms with Crippen LogP contribution in [-0.4, -0.2) is 0 Å². The number of rotatable bonds is 5. The van der Waals surface area contributed by atoms with Crippen molar-refractivity contribution in [2.75, 3.05) is 0 Å². The first-order valence-corrected chi connectivity index (χ1v) is 5.59. The summed E-state index contributed by atoms with van der Waals surface area (Å²) in [5.41, 5.74) is 2.87. The molecule has 0 saturated carbocycles. The van der Waals surface area contributed by atoms with Gasteiger partial charge >= 0.3 is 0 Å². The molecule has 0 saturated heterocycles. The molecule has 0 radical (unpaired) electrons. The average molecular weight is 188 g/mol. The van der Waals surface area contributed by atoms with Gasteiger partial charge in [-0.15, -0.1) is 0 Å². The highest BCUT2D eigenvalue weighted by Gasteiger charge is 1.91. The second-order valence-electron chi connectivity index (χ2n) is 3.65. The molecule has 0 aliphatic carbocycles. The van der Waals surface area contributed by atoms with Crippen molar-refractivity contribution in [3.63, 3.8) is 0 Å². The fraction of sp³-hybridized carbons (Fsp3) is 0.429. The zero-order valence-electron chi connectivity index (χ0n) is 9.29. The minimum atomic E-state index is 1.07. The molecule has 14 heavy (non-hydrogen) atoms. The molecule has 0 bridgehead atoms. The van der Waals surface area contributed by atoms with Gasteiger partial charge in [-0.25, -0.2) is 0 Å². The highest BCUT2D eigenvalue weighted by Crippen LogP contribution is 2.07. The SMILES string of the molecule is CCC=CCc1ccc(CCC)cc1. The Morgan fingerprint density at radius 3 is 2.14 bits per heavy atom. The molecule has 0 N–H and O–H groups in total. The minimum absolute atomic E-state index is 1.07. The average Bonchev–Trinajstić information content (AvgIpc) is 2.21. The first kappa shape index (κ1) is 11.0. The van der Waals surface area contributed by atoms with E-state index in [2.05, 4.69) is 50.3 Å². The Morgan fingerprint density at radius 2 is 1.57 bits per heavy atom. The predicted molar refractivity (Wildman–Crippen MR) is 63.6 cm³/mol. The van der Waals surface area contributed by atoms with Gasteiger partial charge in [-0.2, -0.15) is 0 Å². The summed E-state index contributed by atoms with van der Waals surface area (Å²) < 4.78 is 0. The molecule has 0 heteroatoms. The molecule has 0 nitrogen and oxygen atoms in total. The summed E-state index contributed by atoms with van der Waals surface area (Å²) in [4.78, 5) is 0. The molecule has 1 aromatic rings. The van der Waals surface area contributed by atoms with Crippen LogP contribution in [0.25, 0.3) is 0 Å². The van der Waals surface area contributed by atoms with Gasteiger partial charge in [0.05, 0.1) is 0 Å². The van der Waals surface area contributed by atoms with Crippen molar-refractivity contribution in [2.24, 2.45) is 0 Å². The van der Waals surface area contributed by atoms with Crippen molar-refractivity contribution in [3.8, 4) is 0 Å². The Kier molecular flexibility index (Phi) is 5.06. The lowest BCUT2D eigenvalue weighted by Gasteiger charge is -2.00. The molecule has 0 atom stereocenters. The summed E-state index contributed by atoms with van der Waals surface area (Å²) in [6.45, 7) is 4.39. The standard InChI is InChI=1S/C14H20/c1-3-5-6-8-14-11-9-13(7-4-2)10-12-14/h5-6,9-12H,3-4,7-8H2,1-2H3. The fourth-order valence-corrected chi connectivity index (χ4v) is 1.52. The number of benzene rings is 1. The van der Waals surface area contributed by atoms with Gasteiger partial charge in [-0.05, 0) is 30.4 Å². The highest BCUT2D eigenvalue weighted by molar-refractivity contribution is 5.24. The van der Waals surface area contributed by atoms with Crippen molar-refractivity contribution < 1.29 is 0 Å². The molecule has 0 aliphatic rings. The minimum Gasteiger partial charge on any atom is -0.0885 e. The molecule has 1 rings (SSSR count). The number of hydrogen-bond acceptors (Lipinski definition) is 0. The Bertz CT molecular complexity index is 267. The van der Waals surface area contributed by atoms with E-state index in [9.17, 15) is 0 Å². The molecular weight excluding hydrogens is 168 g/mol. The molecule has 0 amide bonds. The summed E-state index contributed by atoms with van der Waals surface area (Å²) in [5, 5.41) is 0. The van der Waals surface area contributed by atoms with Gasteiger partial charge in [0.2, 0.25) is 0 Å². The zero-order chi connectivity index (χ0) is 10.2. The van der Waals surface area contributed by atoms with Crippen LogP contribution in [-0.2, 0) is 12.8 Å². The van der Waals surface area contributed by atoms with Gasteiger partial charge in [0.25, 0.3) is 0 Å². The number of allylic oxidation sites excluding steroid dienone is 2. The highest BCUT2D eigenvalue weighted by atomic mass is 14.0. The number of aryl methyl sites for hydroxylation is 1. The third kappa shape index (κ3) is 3.78. The second kappa shape index (κ2) is 6.42. The summed E-state index contributed by atoms with van der Waals surface area (Å²) in [6.07, 6.45) is 9.10. The van der Waals surface area contributed by atoms with Crippen LogP contribution in [0.2, 0.25) is 0 Å². The van der Waals surface area contributed by atoms with Crippen LogP contribution >= 0.6 is 0 Å². The van der Waals surface area contributed by atoms with Crippen LogP contribution in [0, 0.1) is 0 Å². The van der Waals surface area contributed by atoms with Crippen LogP contribution in [0.15, 0.2) is 36.4 Å². The van der Waals surface area contributed by atoms with Gasteiger partial charge in [-0.3, -0.25) is 0 Å². The van der Waals surface area contributed by atoms with E-state index in [-0.39, 0.29) is 0 Å². The summed E-state index contributed by atoms with van der Waals surface area (Å²) in [5.74, 6) is 0. The van der Waals surface area contributed by atoms with Crippen LogP contribution in [0.4, 0.5) is 0 Å². The molecule has 0 unspecified atom stereocenters. The molecular formula is C14H20. The van der Waals surface area contributed by atoms with Gasteiger partial charge in [-0.1, -0.05) is 56.7 Å². The molecule has 0 fully saturated rings. The summed E-state index contributed by atoms with van der Waals surface area (Å²) >= 11 is 0. The molecule has 76 valence electrons. The zero-order valence-corrected chi connectivity index (χ0v) is 9.29. The maximum atomic E-state index is 2.25. The lowest BCUT2D eigenvalue weighted by molar-refractivity contribution is 0.920. The molecule has 0 aliphatic heterocycles. The third-order valence-corrected chi connectivity index (χ3v) is 2.32. The van der Waals surface area contributed by atoms with Crippen LogP contribution in [0.1, 0.15) is 37.8 Å². The van der Waals surface area contributed by atoms with Crippen molar-refractivity contribution >= 4 is 0 Å². The van der Waals surface area contributed by atoms with Gasteiger partial charge in [0.1, 0.15) is 0 Å². The van der Waals surface area contributed by atoms with E-state index >= 15 is 0 Å². The molecule has 0 spiro atoms. The first-order chi connectivity index (χ1) is 6.86. The summed E-state index contributed by atoms with van der Waals surface area (Å²) in [7, 11) is 0. The molecule has 0 aromatic heterocycles. The molecule has 1 aromatic carbocycles. The second-order valence-corrected chi connectivity index (χ2v) is 3.65. The van der Waals surface area contributed by atoms with Gasteiger partial charge in [0, 0.05) is 0 Å². The third-order valence-electron chi connectivity index (χ3n) is 2.32. The largest absolute Gasteiger partial charge is 0.0885 e. The normalized spacial score (nSPS) is 11.0. The summed E-state index contributed by atoms with van der Waals surface area (Å²) in [6, 6.07) is 8.98. The Hall–Kier alpha value is -1.04. The van der Waals surface area contributed by atoms with Gasteiger partial charge < -0.3 is 0 Å². The topological polar surface area (TPSA) is 0 Å². The van der Waals surface area contributed by atoms with Crippen LogP contribution < -0.4 is 0 Å². The van der Waals surface area contributed by atoms with Crippen LogP contribution in [0.5, 0.6) is 0 Å². The Morgan fingerprint density at radius 1 is 0.929 bits per heavy atom. The fourth-order valence-electron chi connectivity index (χ4n) is 1.52. The van der Waals surface area contributed by atoms with E-state index < -0.39 is 0 Å². The monoisotopic (exact) mass is 188 g/mol. The number of hydrogen-bond donors (Lipinski definition) is 0. The van der Waals surface area contributed by atoms with E-state index in [0.717, 1.165) is 12.8 Å². The van der Waals surface area contributed by atoms with Gasteiger partial charge in [0.15, 0.2) is 0 Å². The van der Waals surface area contributed by atoms with E-state index in [1.807, 2.05) is 0 Å². The van der Waals surface area contributed by atoms with Crippen molar-refractivity contribution in [1.82, 2.24) is 0 Å². The Labute approximate surface area is 87.7 Å². The van der Waals surface area contributed by atoms with E-state index in [4.69, 9.17) is 0 Å². The maximum absolute atomic E-state index is 2.25.